The lowest BCUT2D eigenvalue weighted by Gasteiger charge is -2.40. The Morgan fingerprint density at radius 3 is 2.90 bits per heavy atom. The van der Waals surface area contributed by atoms with E-state index in [-0.39, 0.29) is 17.6 Å². The average Bonchev–Trinajstić information content (AvgIpc) is 2.47. The van der Waals surface area contributed by atoms with Crippen molar-refractivity contribution < 1.29 is 9.90 Å². The molecule has 2 N–H and O–H groups in total. The van der Waals surface area contributed by atoms with Gasteiger partial charge < -0.3 is 10.4 Å². The summed E-state index contributed by atoms with van der Waals surface area (Å²) in [7, 11) is 0. The third-order valence-electron chi connectivity index (χ3n) is 4.83. The van der Waals surface area contributed by atoms with Crippen molar-refractivity contribution in [3.63, 3.8) is 0 Å². The van der Waals surface area contributed by atoms with E-state index in [2.05, 4.69) is 5.32 Å². The topological polar surface area (TPSA) is 49.3 Å². The normalized spacial score (nSPS) is 29.7. The number of hydrogen-bond acceptors (Lipinski definition) is 3. The molecule has 0 spiro atoms. The first-order valence-electron chi connectivity index (χ1n) is 7.79. The van der Waals surface area contributed by atoms with Crippen molar-refractivity contribution in [2.75, 3.05) is 0 Å². The summed E-state index contributed by atoms with van der Waals surface area (Å²) < 4.78 is 0. The maximum absolute atomic E-state index is 12.4. The minimum Gasteiger partial charge on any atom is -0.508 e. The molecule has 108 valence electrons. The van der Waals surface area contributed by atoms with Gasteiger partial charge in [0.2, 0.25) is 0 Å². The van der Waals surface area contributed by atoms with Gasteiger partial charge in [0, 0.05) is 12.5 Å². The van der Waals surface area contributed by atoms with E-state index in [1.807, 2.05) is 6.07 Å². The van der Waals surface area contributed by atoms with Crippen LogP contribution in [0.5, 0.6) is 5.75 Å². The van der Waals surface area contributed by atoms with E-state index in [9.17, 15) is 9.90 Å². The van der Waals surface area contributed by atoms with Gasteiger partial charge in [-0.25, -0.2) is 0 Å². The minimum absolute atomic E-state index is 0.0108. The van der Waals surface area contributed by atoms with Gasteiger partial charge in [0.15, 0.2) is 5.78 Å². The number of fused-ring (bicyclic) bond motifs is 1. The molecule has 0 radical (unpaired) electrons. The van der Waals surface area contributed by atoms with Crippen molar-refractivity contribution >= 4 is 5.78 Å². The fourth-order valence-corrected chi connectivity index (χ4v) is 3.74. The Labute approximate surface area is 120 Å². The smallest absolute Gasteiger partial charge is 0.154 e. The Kier molecular flexibility index (Phi) is 4.06. The lowest BCUT2D eigenvalue weighted by atomic mass is 9.77. The zero-order chi connectivity index (χ0) is 13.9. The van der Waals surface area contributed by atoms with Gasteiger partial charge in [-0.05, 0) is 49.3 Å². The number of carbonyl (C=O) groups is 1. The first-order chi connectivity index (χ1) is 9.72. The van der Waals surface area contributed by atoms with Gasteiger partial charge in [-0.3, -0.25) is 4.79 Å². The van der Waals surface area contributed by atoms with Gasteiger partial charge in [0.05, 0.1) is 6.04 Å². The third-order valence-corrected chi connectivity index (χ3v) is 4.83. The molecule has 1 saturated heterocycles. The Hall–Kier alpha value is -1.35. The number of hydrogen-bond donors (Lipinski definition) is 2. The van der Waals surface area contributed by atoms with Crippen LogP contribution < -0.4 is 5.32 Å². The van der Waals surface area contributed by atoms with Gasteiger partial charge in [0.1, 0.15) is 5.75 Å². The molecular formula is C17H23NO2. The molecule has 0 aromatic heterocycles. The van der Waals surface area contributed by atoms with Gasteiger partial charge in [-0.15, -0.1) is 0 Å². The summed E-state index contributed by atoms with van der Waals surface area (Å²) in [6.07, 6.45) is 7.77. The van der Waals surface area contributed by atoms with Crippen molar-refractivity contribution in [2.45, 2.75) is 57.0 Å². The molecule has 3 nitrogen and oxygen atoms in total. The summed E-state index contributed by atoms with van der Waals surface area (Å²) in [5.41, 5.74) is 0.905. The number of aromatic hydroxyl groups is 1. The first kappa shape index (κ1) is 13.6. The average molecular weight is 273 g/mol. The Balaban J connectivity index is 1.60. The molecule has 1 aromatic rings. The predicted octanol–water partition coefficient (Wildman–Crippen LogP) is 2.81. The van der Waals surface area contributed by atoms with Crippen LogP contribution in [0, 0.1) is 5.92 Å². The van der Waals surface area contributed by atoms with Crippen molar-refractivity contribution in [3.05, 3.63) is 29.8 Å². The molecule has 2 fully saturated rings. The maximum Gasteiger partial charge on any atom is 0.154 e. The number of benzene rings is 1. The second-order valence-corrected chi connectivity index (χ2v) is 6.26. The Morgan fingerprint density at radius 2 is 2.05 bits per heavy atom. The van der Waals surface area contributed by atoms with Gasteiger partial charge in [-0.2, -0.15) is 0 Å². The van der Waals surface area contributed by atoms with E-state index in [0.29, 0.717) is 12.5 Å². The molecule has 0 bridgehead atoms. The Bertz CT molecular complexity index is 486. The highest BCUT2D eigenvalue weighted by atomic mass is 16.3. The predicted molar refractivity (Wildman–Crippen MR) is 78.7 cm³/mol. The highest BCUT2D eigenvalue weighted by Crippen LogP contribution is 2.32. The lowest BCUT2D eigenvalue weighted by Crippen LogP contribution is -2.52. The molecule has 3 atom stereocenters. The Morgan fingerprint density at radius 1 is 1.20 bits per heavy atom. The summed E-state index contributed by atoms with van der Waals surface area (Å²) in [6.45, 7) is 0. The molecular weight excluding hydrogens is 250 g/mol. The van der Waals surface area contributed by atoms with E-state index in [1.54, 1.807) is 18.2 Å². The van der Waals surface area contributed by atoms with Gasteiger partial charge in [0.25, 0.3) is 0 Å². The number of nitrogens with one attached hydrogen (secondary N) is 1. The molecule has 2 aliphatic rings. The quantitative estimate of drug-likeness (QED) is 0.890. The zero-order valence-electron chi connectivity index (χ0n) is 11.8. The molecule has 20 heavy (non-hydrogen) atoms. The highest BCUT2D eigenvalue weighted by Gasteiger charge is 2.34. The van der Waals surface area contributed by atoms with E-state index >= 15 is 0 Å². The van der Waals surface area contributed by atoms with Crippen LogP contribution in [-0.2, 0) is 11.2 Å². The van der Waals surface area contributed by atoms with Crippen LogP contribution >= 0.6 is 0 Å². The van der Waals surface area contributed by atoms with Crippen molar-refractivity contribution in [2.24, 2.45) is 5.92 Å². The molecule has 1 heterocycles. The summed E-state index contributed by atoms with van der Waals surface area (Å²) in [5, 5.41) is 13.0. The van der Waals surface area contributed by atoms with Crippen LogP contribution in [0.3, 0.4) is 0 Å². The van der Waals surface area contributed by atoms with Crippen LogP contribution in [-0.4, -0.2) is 23.0 Å². The first-order valence-corrected chi connectivity index (χ1v) is 7.79. The fourth-order valence-electron chi connectivity index (χ4n) is 3.74. The molecule has 1 saturated carbocycles. The molecule has 1 aliphatic carbocycles. The number of Topliss-reactive ketones (excluding diaryl/α,β-unsaturated/α-hetero) is 1. The van der Waals surface area contributed by atoms with Crippen LogP contribution in [0.25, 0.3) is 0 Å². The summed E-state index contributed by atoms with van der Waals surface area (Å²) >= 11 is 0. The summed E-state index contributed by atoms with van der Waals surface area (Å²) in [4.78, 5) is 12.4. The molecule has 3 rings (SSSR count). The monoisotopic (exact) mass is 273 g/mol. The van der Waals surface area contributed by atoms with Crippen molar-refractivity contribution in [1.29, 1.82) is 0 Å². The number of phenols is 1. The van der Waals surface area contributed by atoms with E-state index in [1.165, 1.54) is 32.1 Å². The molecule has 3 unspecified atom stereocenters. The lowest BCUT2D eigenvalue weighted by molar-refractivity contribution is -0.121. The second kappa shape index (κ2) is 5.96. The van der Waals surface area contributed by atoms with Crippen LogP contribution in [0.15, 0.2) is 24.3 Å². The zero-order valence-corrected chi connectivity index (χ0v) is 11.8. The number of rotatable bonds is 3. The molecule has 1 aromatic carbocycles. The third kappa shape index (κ3) is 3.04. The number of ketones is 1. The van der Waals surface area contributed by atoms with E-state index < -0.39 is 0 Å². The number of carbonyl (C=O) groups excluding carboxylic acids is 1. The largest absolute Gasteiger partial charge is 0.508 e. The molecule has 0 amide bonds. The SMILES string of the molecule is O=C(Cc1cccc(O)c1)C1CCC2CCCCC2N1. The molecule has 3 heteroatoms. The van der Waals surface area contributed by atoms with Gasteiger partial charge in [-0.1, -0.05) is 25.0 Å². The summed E-state index contributed by atoms with van der Waals surface area (Å²) in [5.74, 6) is 1.28. The van der Waals surface area contributed by atoms with Crippen LogP contribution in [0.1, 0.15) is 44.1 Å². The van der Waals surface area contributed by atoms with Crippen LogP contribution in [0.4, 0.5) is 0 Å². The second-order valence-electron chi connectivity index (χ2n) is 6.26. The van der Waals surface area contributed by atoms with E-state index in [0.717, 1.165) is 17.9 Å². The maximum atomic E-state index is 12.4. The van der Waals surface area contributed by atoms with E-state index in [4.69, 9.17) is 0 Å². The highest BCUT2D eigenvalue weighted by molar-refractivity contribution is 5.86. The summed E-state index contributed by atoms with van der Waals surface area (Å²) in [6, 6.07) is 7.59. The number of piperidine rings is 1. The standard InChI is InChI=1S/C17H23NO2/c19-14-6-3-4-12(10-14)11-17(20)16-9-8-13-5-1-2-7-15(13)18-16/h3-4,6,10,13,15-16,18-19H,1-2,5,7-9,11H2. The van der Waals surface area contributed by atoms with Gasteiger partial charge >= 0.3 is 0 Å². The van der Waals surface area contributed by atoms with Crippen LogP contribution in [0.2, 0.25) is 0 Å². The fraction of sp³-hybridized carbons (Fsp3) is 0.588. The minimum atomic E-state index is 0.0108. The number of phenolic OH excluding ortho intramolecular Hbond substituents is 1. The van der Waals surface area contributed by atoms with Crippen molar-refractivity contribution in [3.8, 4) is 5.75 Å². The van der Waals surface area contributed by atoms with Crippen molar-refractivity contribution in [1.82, 2.24) is 5.32 Å². The molecule has 1 aliphatic heterocycles.